The highest BCUT2D eigenvalue weighted by Gasteiger charge is 2.36. The lowest BCUT2D eigenvalue weighted by atomic mass is 9.81. The Balaban J connectivity index is 1.20. The summed E-state index contributed by atoms with van der Waals surface area (Å²) < 4.78 is 26.7. The Morgan fingerprint density at radius 2 is 2.06 bits per heavy atom. The summed E-state index contributed by atoms with van der Waals surface area (Å²) in [5.41, 5.74) is 1.21. The molecule has 1 unspecified atom stereocenters. The van der Waals surface area contributed by atoms with E-state index in [0.29, 0.717) is 49.8 Å². The molecule has 0 saturated heterocycles. The largest absolute Gasteiger partial charge is 0.475 e. The first-order chi connectivity index (χ1) is 16.8. The number of amides is 1. The van der Waals surface area contributed by atoms with Gasteiger partial charge in [0.1, 0.15) is 12.1 Å². The van der Waals surface area contributed by atoms with E-state index in [0.717, 1.165) is 44.6 Å². The maximum Gasteiger partial charge on any atom is 0.229 e. The molecular formula is C26H38FN5O3. The van der Waals surface area contributed by atoms with E-state index in [2.05, 4.69) is 40.3 Å². The van der Waals surface area contributed by atoms with Crippen molar-refractivity contribution in [2.45, 2.75) is 96.4 Å². The molecule has 1 fully saturated rings. The van der Waals surface area contributed by atoms with Crippen molar-refractivity contribution in [2.75, 3.05) is 19.6 Å². The normalized spacial score (nSPS) is 23.8. The Morgan fingerprint density at radius 3 is 2.77 bits per heavy atom. The van der Waals surface area contributed by atoms with Gasteiger partial charge in [0.2, 0.25) is 23.6 Å². The minimum atomic E-state index is -1.17. The van der Waals surface area contributed by atoms with Gasteiger partial charge in [0.15, 0.2) is 0 Å². The van der Waals surface area contributed by atoms with Gasteiger partial charge in [-0.3, -0.25) is 4.79 Å². The summed E-state index contributed by atoms with van der Waals surface area (Å²) in [6, 6.07) is 4.10. The zero-order valence-electron chi connectivity index (χ0n) is 21.2. The second kappa shape index (κ2) is 11.5. The standard InChI is InChI=1S/C26H38FN5O3/c1-4-18(2)34-24-6-5-20-9-14-32(15-10-22(20)29-24)16-13-26(27)11-7-21(8-12-26)28-23(33)17-25-31-30-19(3)35-25/h5-6,18,21H,4,7-17H2,1-3H3,(H,28,33). The van der Waals surface area contributed by atoms with Gasteiger partial charge in [0.05, 0.1) is 6.10 Å². The molecular weight excluding hydrogens is 449 g/mol. The monoisotopic (exact) mass is 487 g/mol. The Labute approximate surface area is 207 Å². The van der Waals surface area contributed by atoms with Gasteiger partial charge in [-0.05, 0) is 57.4 Å². The maximum absolute atomic E-state index is 15.6. The maximum atomic E-state index is 15.6. The summed E-state index contributed by atoms with van der Waals surface area (Å²) in [7, 11) is 0. The average molecular weight is 488 g/mol. The summed E-state index contributed by atoms with van der Waals surface area (Å²) in [6.07, 6.45) is 5.74. The van der Waals surface area contributed by atoms with Gasteiger partial charge < -0.3 is 19.4 Å². The van der Waals surface area contributed by atoms with E-state index < -0.39 is 5.67 Å². The molecule has 1 aliphatic heterocycles. The molecule has 2 aromatic rings. The molecule has 1 saturated carbocycles. The fourth-order valence-corrected chi connectivity index (χ4v) is 4.90. The molecule has 1 atom stereocenters. The lowest BCUT2D eigenvalue weighted by Gasteiger charge is -2.35. The first kappa shape index (κ1) is 25.5. The number of alkyl halides is 1. The number of aryl methyl sites for hydroxylation is 1. The van der Waals surface area contributed by atoms with E-state index in [1.54, 1.807) is 6.92 Å². The molecule has 4 rings (SSSR count). The van der Waals surface area contributed by atoms with Gasteiger partial charge in [-0.1, -0.05) is 13.0 Å². The van der Waals surface area contributed by atoms with Gasteiger partial charge in [-0.25, -0.2) is 9.37 Å². The first-order valence-electron chi connectivity index (χ1n) is 13.0. The highest BCUT2D eigenvalue weighted by Crippen LogP contribution is 2.35. The van der Waals surface area contributed by atoms with Crippen LogP contribution in [-0.4, -0.2) is 63.4 Å². The fraction of sp³-hybridized carbons (Fsp3) is 0.692. The van der Waals surface area contributed by atoms with Crippen LogP contribution in [0.3, 0.4) is 0 Å². The molecule has 35 heavy (non-hydrogen) atoms. The van der Waals surface area contributed by atoms with Crippen LogP contribution in [0.5, 0.6) is 5.88 Å². The molecule has 0 radical (unpaired) electrons. The van der Waals surface area contributed by atoms with Gasteiger partial charge in [0, 0.05) is 50.8 Å². The topological polar surface area (TPSA) is 93.4 Å². The van der Waals surface area contributed by atoms with Gasteiger partial charge in [-0.15, -0.1) is 10.2 Å². The molecule has 0 aromatic carbocycles. The SMILES string of the molecule is CCC(C)Oc1ccc2c(n1)CCN(CCC1(F)CCC(NC(=O)Cc3nnc(C)o3)CC1)CC2. The summed E-state index contributed by atoms with van der Waals surface area (Å²) in [5.74, 6) is 1.30. The molecule has 9 heteroatoms. The number of pyridine rings is 1. The van der Waals surface area contributed by atoms with Crippen molar-refractivity contribution in [3.63, 3.8) is 0 Å². The van der Waals surface area contributed by atoms with Crippen molar-refractivity contribution in [2.24, 2.45) is 0 Å². The van der Waals surface area contributed by atoms with Crippen LogP contribution >= 0.6 is 0 Å². The van der Waals surface area contributed by atoms with Crippen molar-refractivity contribution in [3.8, 4) is 5.88 Å². The van der Waals surface area contributed by atoms with Crippen LogP contribution < -0.4 is 10.1 Å². The number of ether oxygens (including phenoxy) is 1. The first-order valence-corrected chi connectivity index (χ1v) is 13.0. The van der Waals surface area contributed by atoms with Crippen molar-refractivity contribution >= 4 is 5.91 Å². The van der Waals surface area contributed by atoms with Crippen LogP contribution in [0.15, 0.2) is 16.5 Å². The molecule has 2 aliphatic rings. The summed E-state index contributed by atoms with van der Waals surface area (Å²) in [5, 5.41) is 10.6. The zero-order chi connectivity index (χ0) is 24.8. The molecule has 0 spiro atoms. The second-order valence-corrected chi connectivity index (χ2v) is 10.1. The van der Waals surface area contributed by atoms with Crippen molar-refractivity contribution < 1.29 is 18.3 Å². The van der Waals surface area contributed by atoms with Crippen molar-refractivity contribution in [1.29, 1.82) is 0 Å². The van der Waals surface area contributed by atoms with Gasteiger partial charge in [-0.2, -0.15) is 0 Å². The number of carbonyl (C=O) groups is 1. The van der Waals surface area contributed by atoms with E-state index in [1.165, 1.54) is 5.56 Å². The van der Waals surface area contributed by atoms with Crippen LogP contribution in [0.25, 0.3) is 0 Å². The Morgan fingerprint density at radius 1 is 1.29 bits per heavy atom. The minimum absolute atomic E-state index is 0.000921. The van der Waals surface area contributed by atoms with E-state index in [9.17, 15) is 4.79 Å². The number of aromatic nitrogens is 3. The van der Waals surface area contributed by atoms with E-state index in [1.807, 2.05) is 6.07 Å². The number of nitrogens with one attached hydrogen (secondary N) is 1. The van der Waals surface area contributed by atoms with Crippen LogP contribution in [0.4, 0.5) is 4.39 Å². The average Bonchev–Trinajstić information content (AvgIpc) is 3.13. The van der Waals surface area contributed by atoms with Crippen LogP contribution in [0.1, 0.15) is 75.4 Å². The number of halogens is 1. The second-order valence-electron chi connectivity index (χ2n) is 10.1. The van der Waals surface area contributed by atoms with Gasteiger partial charge in [0.25, 0.3) is 0 Å². The molecule has 1 amide bonds. The Bertz CT molecular complexity index is 989. The zero-order valence-corrected chi connectivity index (χ0v) is 21.2. The van der Waals surface area contributed by atoms with Crippen LogP contribution in [0, 0.1) is 6.92 Å². The molecule has 3 heterocycles. The molecule has 0 bridgehead atoms. The lowest BCUT2D eigenvalue weighted by molar-refractivity contribution is -0.122. The van der Waals surface area contributed by atoms with E-state index in [4.69, 9.17) is 14.1 Å². The Kier molecular flexibility index (Phi) is 8.36. The number of carbonyl (C=O) groups excluding carboxylic acids is 1. The lowest BCUT2D eigenvalue weighted by Crippen LogP contribution is -2.43. The summed E-state index contributed by atoms with van der Waals surface area (Å²) in [4.78, 5) is 19.4. The Hall–Kier alpha value is -2.55. The highest BCUT2D eigenvalue weighted by molar-refractivity contribution is 5.77. The quantitative estimate of drug-likeness (QED) is 0.576. The third-order valence-electron chi connectivity index (χ3n) is 7.30. The van der Waals surface area contributed by atoms with Crippen molar-refractivity contribution in [1.82, 2.24) is 25.4 Å². The number of fused-ring (bicyclic) bond motifs is 1. The number of hydrogen-bond donors (Lipinski definition) is 1. The third-order valence-corrected chi connectivity index (χ3v) is 7.30. The molecule has 1 N–H and O–H groups in total. The smallest absolute Gasteiger partial charge is 0.229 e. The van der Waals surface area contributed by atoms with Gasteiger partial charge >= 0.3 is 0 Å². The number of rotatable bonds is 9. The fourth-order valence-electron chi connectivity index (χ4n) is 4.90. The van der Waals surface area contributed by atoms with E-state index in [-0.39, 0.29) is 24.5 Å². The molecule has 2 aromatic heterocycles. The predicted octanol–water partition coefficient (Wildman–Crippen LogP) is 3.75. The third kappa shape index (κ3) is 7.22. The predicted molar refractivity (Wildman–Crippen MR) is 130 cm³/mol. The minimum Gasteiger partial charge on any atom is -0.475 e. The summed E-state index contributed by atoms with van der Waals surface area (Å²) in [6.45, 7) is 8.40. The van der Waals surface area contributed by atoms with Crippen LogP contribution in [-0.2, 0) is 24.1 Å². The molecule has 8 nitrogen and oxygen atoms in total. The summed E-state index contributed by atoms with van der Waals surface area (Å²) >= 11 is 0. The molecule has 192 valence electrons. The number of hydrogen-bond acceptors (Lipinski definition) is 7. The highest BCUT2D eigenvalue weighted by atomic mass is 19.1. The number of nitrogens with zero attached hydrogens (tertiary/aromatic N) is 4. The van der Waals surface area contributed by atoms with Crippen LogP contribution in [0.2, 0.25) is 0 Å². The van der Waals surface area contributed by atoms with Crippen molar-refractivity contribution in [3.05, 3.63) is 35.2 Å². The van der Waals surface area contributed by atoms with E-state index >= 15 is 4.39 Å². The molecule has 1 aliphatic carbocycles.